The quantitative estimate of drug-likeness (QED) is 0.402. The maximum Gasteiger partial charge on any atom is 0.332 e. The van der Waals surface area contributed by atoms with Gasteiger partial charge in [0.15, 0.2) is 0 Å². The van der Waals surface area contributed by atoms with E-state index in [4.69, 9.17) is 10.2 Å². The summed E-state index contributed by atoms with van der Waals surface area (Å²) in [5.41, 5.74) is 0. The van der Waals surface area contributed by atoms with Crippen molar-refractivity contribution in [2.75, 3.05) is 0 Å². The first kappa shape index (κ1) is 16.0. The molecule has 8 heavy (non-hydrogen) atoms. The highest BCUT2D eigenvalue weighted by Gasteiger charge is 2.01. The number of hydrogen-bond acceptors (Lipinski definition) is 2. The summed E-state index contributed by atoms with van der Waals surface area (Å²) in [6.07, 6.45) is -1.23. The van der Waals surface area contributed by atoms with Crippen LogP contribution >= 0.6 is 0 Å². The van der Waals surface area contributed by atoms with E-state index in [1.807, 2.05) is 0 Å². The van der Waals surface area contributed by atoms with Gasteiger partial charge in [0.05, 0.1) is 0 Å². The summed E-state index contributed by atoms with van der Waals surface area (Å²) in [6.45, 7) is 1.20. The van der Waals surface area contributed by atoms with E-state index in [1.165, 1.54) is 6.92 Å². The van der Waals surface area contributed by atoms with E-state index in [-0.39, 0.29) is 46.1 Å². The zero-order chi connectivity index (χ0) is 5.15. The Hall–Kier alpha value is 0.962. The molecule has 0 aliphatic heterocycles. The molecule has 44 valence electrons. The molecule has 3 nitrogen and oxygen atoms in total. The number of aliphatic hydroxyl groups is 1. The van der Waals surface area contributed by atoms with Crippen molar-refractivity contribution in [1.29, 1.82) is 0 Å². The van der Waals surface area contributed by atoms with Gasteiger partial charge >= 0.3 is 52.1 Å². The Morgan fingerprint density at radius 2 is 1.62 bits per heavy atom. The monoisotopic (exact) mass is 142 g/mol. The Morgan fingerprint density at radius 3 is 1.62 bits per heavy atom. The second-order valence-corrected chi connectivity index (χ2v) is 1.01. The highest BCUT2D eigenvalue weighted by molar-refractivity contribution is 5.76. The van der Waals surface area contributed by atoms with Crippen LogP contribution < -0.4 is 0 Å². The van der Waals surface area contributed by atoms with E-state index in [9.17, 15) is 4.79 Å². The summed E-state index contributed by atoms with van der Waals surface area (Å²) < 4.78 is 0. The van der Waals surface area contributed by atoms with E-state index in [0.29, 0.717) is 0 Å². The third-order valence-electron chi connectivity index (χ3n) is 0.357. The predicted molar refractivity (Wildman–Crippen MR) is 36.4 cm³/mol. The van der Waals surface area contributed by atoms with Crippen LogP contribution in [-0.2, 0) is 4.79 Å². The van der Waals surface area contributed by atoms with Crippen molar-refractivity contribution >= 4 is 52.1 Å². The number of aliphatic hydroxyl groups excluding tert-OH is 1. The van der Waals surface area contributed by atoms with Crippen LogP contribution in [0.3, 0.4) is 0 Å². The molecule has 0 aromatic heterocycles. The summed E-state index contributed by atoms with van der Waals surface area (Å²) in [5.74, 6) is -1.19. The van der Waals surface area contributed by atoms with E-state index >= 15 is 0 Å². The molecule has 0 saturated heterocycles. The van der Waals surface area contributed by atoms with Crippen LogP contribution in [0.25, 0.3) is 0 Å². The van der Waals surface area contributed by atoms with Gasteiger partial charge < -0.3 is 10.2 Å². The Kier molecular flexibility index (Phi) is 15.9. The van der Waals surface area contributed by atoms with Gasteiger partial charge in [-0.25, -0.2) is 4.79 Å². The first-order valence-electron chi connectivity index (χ1n) is 1.55. The first-order valence-corrected chi connectivity index (χ1v) is 1.55. The van der Waals surface area contributed by atoms with Gasteiger partial charge in [-0.15, -0.1) is 0 Å². The molecule has 0 radical (unpaired) electrons. The van der Waals surface area contributed by atoms with Crippen molar-refractivity contribution in [3.05, 3.63) is 0 Å². The molecule has 0 saturated carbocycles. The van der Waals surface area contributed by atoms with E-state index in [1.54, 1.807) is 0 Å². The molecule has 0 aromatic carbocycles. The lowest BCUT2D eigenvalue weighted by Gasteiger charge is -1.89. The minimum atomic E-state index is -1.23. The molecular formula is C3H10Mg2O3. The Morgan fingerprint density at radius 1 is 1.50 bits per heavy atom. The van der Waals surface area contributed by atoms with E-state index in [0.717, 1.165) is 0 Å². The van der Waals surface area contributed by atoms with Crippen molar-refractivity contribution in [2.24, 2.45) is 0 Å². The number of carbonyl (C=O) groups is 1. The predicted octanol–water partition coefficient (Wildman–Crippen LogP) is -2.38. The van der Waals surface area contributed by atoms with Gasteiger partial charge in [-0.3, -0.25) is 0 Å². The van der Waals surface area contributed by atoms with Crippen molar-refractivity contribution in [3.63, 3.8) is 0 Å². The zero-order valence-corrected chi connectivity index (χ0v) is 3.38. The van der Waals surface area contributed by atoms with Crippen molar-refractivity contribution in [2.45, 2.75) is 13.0 Å². The van der Waals surface area contributed by atoms with Crippen LogP contribution in [0.2, 0.25) is 0 Å². The molecule has 1 atom stereocenters. The van der Waals surface area contributed by atoms with Crippen molar-refractivity contribution < 1.29 is 15.0 Å². The van der Waals surface area contributed by atoms with Gasteiger partial charge in [0.1, 0.15) is 6.10 Å². The van der Waals surface area contributed by atoms with Crippen LogP contribution in [-0.4, -0.2) is 68.4 Å². The number of rotatable bonds is 1. The molecule has 0 rings (SSSR count). The van der Waals surface area contributed by atoms with Gasteiger partial charge in [0, 0.05) is 0 Å². The van der Waals surface area contributed by atoms with Crippen LogP contribution in [0.5, 0.6) is 0 Å². The summed E-state index contributed by atoms with van der Waals surface area (Å²) in [6, 6.07) is 0. The molecule has 0 aliphatic rings. The molecule has 0 heterocycles. The highest BCUT2D eigenvalue weighted by Crippen LogP contribution is 1.73. The molecular weight excluding hydrogens is 133 g/mol. The second-order valence-electron chi connectivity index (χ2n) is 1.01. The van der Waals surface area contributed by atoms with Crippen molar-refractivity contribution in [3.8, 4) is 0 Å². The molecule has 0 aromatic rings. The maximum absolute atomic E-state index is 9.45. The number of carboxylic acids is 1. The summed E-state index contributed by atoms with van der Waals surface area (Å²) in [7, 11) is 0. The standard InChI is InChI=1S/C3H6O3.2Mg.4H/c1-2(4)3(5)6;;;;;;/h2,4H,1H3,(H,5,6);;;;;;. The largest absolute Gasteiger partial charge is 0.479 e. The minimum Gasteiger partial charge on any atom is -0.479 e. The third-order valence-corrected chi connectivity index (χ3v) is 0.357. The summed E-state index contributed by atoms with van der Waals surface area (Å²) in [5, 5.41) is 15.8. The lowest BCUT2D eigenvalue weighted by atomic mass is 10.4. The van der Waals surface area contributed by atoms with E-state index in [2.05, 4.69) is 0 Å². The van der Waals surface area contributed by atoms with Crippen LogP contribution in [0, 0.1) is 0 Å². The lowest BCUT2D eigenvalue weighted by molar-refractivity contribution is -0.145. The molecule has 0 fully saturated rings. The first-order chi connectivity index (χ1) is 2.64. The summed E-state index contributed by atoms with van der Waals surface area (Å²) >= 11 is 0. The van der Waals surface area contributed by atoms with Gasteiger partial charge in [-0.2, -0.15) is 0 Å². The lowest BCUT2D eigenvalue weighted by Crippen LogP contribution is -2.13. The molecule has 1 unspecified atom stereocenters. The molecule has 2 N–H and O–H groups in total. The van der Waals surface area contributed by atoms with Gasteiger partial charge in [-0.05, 0) is 6.92 Å². The fraction of sp³-hybridized carbons (Fsp3) is 0.667. The maximum atomic E-state index is 9.45. The summed E-state index contributed by atoms with van der Waals surface area (Å²) in [4.78, 5) is 9.45. The van der Waals surface area contributed by atoms with Crippen LogP contribution in [0.1, 0.15) is 6.92 Å². The number of aliphatic carboxylic acids is 1. The van der Waals surface area contributed by atoms with E-state index < -0.39 is 12.1 Å². The van der Waals surface area contributed by atoms with Crippen LogP contribution in [0.4, 0.5) is 0 Å². The van der Waals surface area contributed by atoms with Gasteiger partial charge in [-0.1, -0.05) is 0 Å². The minimum absolute atomic E-state index is 0. The second kappa shape index (κ2) is 7.96. The topological polar surface area (TPSA) is 57.5 Å². The molecule has 5 heteroatoms. The smallest absolute Gasteiger partial charge is 0.332 e. The molecule has 0 spiro atoms. The molecule has 0 aliphatic carbocycles. The highest BCUT2D eigenvalue weighted by atomic mass is 24.3. The zero-order valence-electron chi connectivity index (χ0n) is 3.38. The van der Waals surface area contributed by atoms with Crippen LogP contribution in [0.15, 0.2) is 0 Å². The fourth-order valence-corrected chi connectivity index (χ4v) is 0. The number of hydrogen-bond donors (Lipinski definition) is 2. The normalized spacial score (nSPS) is 10.2. The molecule has 0 amide bonds. The van der Waals surface area contributed by atoms with Gasteiger partial charge in [0.2, 0.25) is 0 Å². The Bertz CT molecular complexity index is 63.5. The van der Waals surface area contributed by atoms with Gasteiger partial charge in [0.25, 0.3) is 0 Å². The average molecular weight is 143 g/mol. The fourth-order valence-electron chi connectivity index (χ4n) is 0. The van der Waals surface area contributed by atoms with Crippen molar-refractivity contribution in [1.82, 2.24) is 0 Å². The average Bonchev–Trinajstić information content (AvgIpc) is 1.36. The Labute approximate surface area is 79.8 Å². The SMILES string of the molecule is CC(O)C(=O)O.[MgH2].[MgH2]. The molecule has 0 bridgehead atoms. The number of carboxylic acid groups (broad SMARTS) is 1. The third kappa shape index (κ3) is 10.1. The Balaban J connectivity index is -0.000000125.